The van der Waals surface area contributed by atoms with Gasteiger partial charge in [0.25, 0.3) is 0 Å². The lowest BCUT2D eigenvalue weighted by molar-refractivity contribution is 0.00657. The number of benzene rings is 1. The van der Waals surface area contributed by atoms with Gasteiger partial charge in [-0.3, -0.25) is 0 Å². The van der Waals surface area contributed by atoms with E-state index in [9.17, 15) is 9.90 Å². The van der Waals surface area contributed by atoms with Crippen molar-refractivity contribution in [3.05, 3.63) is 42.2 Å². The Morgan fingerprint density at radius 3 is 3.00 bits per heavy atom. The normalized spacial score (nSPS) is 21.6. The number of carboxylic acids is 1. The lowest BCUT2D eigenvalue weighted by Crippen LogP contribution is -2.29. The zero-order valence-corrected chi connectivity index (χ0v) is 12.0. The Hall–Kier alpha value is -2.14. The van der Waals surface area contributed by atoms with Crippen LogP contribution in [0.1, 0.15) is 30.1 Å². The molecule has 21 heavy (non-hydrogen) atoms. The van der Waals surface area contributed by atoms with Crippen molar-refractivity contribution >= 4 is 5.97 Å². The average Bonchev–Trinajstić information content (AvgIpc) is 3.08. The molecule has 1 aromatic heterocycles. The molecule has 0 aliphatic carbocycles. The predicted molar refractivity (Wildman–Crippen MR) is 78.2 cm³/mol. The van der Waals surface area contributed by atoms with Crippen molar-refractivity contribution in [3.63, 3.8) is 0 Å². The Morgan fingerprint density at radius 1 is 1.48 bits per heavy atom. The maximum atomic E-state index is 11.4. The topological polar surface area (TPSA) is 64.4 Å². The number of aromatic carboxylic acids is 1. The van der Waals surface area contributed by atoms with Crippen LogP contribution in [0.25, 0.3) is 11.4 Å². The van der Waals surface area contributed by atoms with Crippen LogP contribution in [0.15, 0.2) is 36.7 Å². The van der Waals surface area contributed by atoms with Gasteiger partial charge >= 0.3 is 5.97 Å². The number of carbonyl (C=O) groups is 1. The van der Waals surface area contributed by atoms with E-state index in [-0.39, 0.29) is 11.2 Å². The van der Waals surface area contributed by atoms with Gasteiger partial charge in [-0.25, -0.2) is 9.78 Å². The van der Waals surface area contributed by atoms with Crippen molar-refractivity contribution in [1.29, 1.82) is 0 Å². The third kappa shape index (κ3) is 2.69. The average molecular weight is 286 g/mol. The number of hydrogen-bond acceptors (Lipinski definition) is 3. The second-order valence-electron chi connectivity index (χ2n) is 5.63. The van der Waals surface area contributed by atoms with E-state index < -0.39 is 5.97 Å². The summed E-state index contributed by atoms with van der Waals surface area (Å²) in [5.74, 6) is -0.270. The van der Waals surface area contributed by atoms with Crippen molar-refractivity contribution < 1.29 is 14.6 Å². The molecular formula is C16H18N2O3. The lowest BCUT2D eigenvalue weighted by Gasteiger charge is -2.24. The van der Waals surface area contributed by atoms with Crippen molar-refractivity contribution in [3.8, 4) is 11.4 Å². The van der Waals surface area contributed by atoms with E-state index in [0.29, 0.717) is 17.9 Å². The largest absolute Gasteiger partial charge is 0.478 e. The van der Waals surface area contributed by atoms with Crippen LogP contribution < -0.4 is 0 Å². The second kappa shape index (κ2) is 5.33. The molecule has 1 aliphatic rings. The monoisotopic (exact) mass is 286 g/mol. The van der Waals surface area contributed by atoms with Crippen LogP contribution in [0.2, 0.25) is 0 Å². The van der Waals surface area contributed by atoms with Crippen molar-refractivity contribution in [1.82, 2.24) is 9.55 Å². The van der Waals surface area contributed by atoms with Crippen LogP contribution >= 0.6 is 0 Å². The highest BCUT2D eigenvalue weighted by atomic mass is 16.5. The van der Waals surface area contributed by atoms with Gasteiger partial charge in [-0.1, -0.05) is 18.2 Å². The molecule has 1 N–H and O–H groups in total. The molecule has 1 aliphatic heterocycles. The highest BCUT2D eigenvalue weighted by Crippen LogP contribution is 2.29. The Morgan fingerprint density at radius 2 is 2.29 bits per heavy atom. The Labute approximate surface area is 123 Å². The molecule has 1 saturated heterocycles. The Bertz CT molecular complexity index is 657. The minimum atomic E-state index is -0.941. The minimum Gasteiger partial charge on any atom is -0.478 e. The first-order valence-electron chi connectivity index (χ1n) is 7.07. The first kappa shape index (κ1) is 13.8. The van der Waals surface area contributed by atoms with Crippen LogP contribution in [0.5, 0.6) is 0 Å². The second-order valence-corrected chi connectivity index (χ2v) is 5.63. The van der Waals surface area contributed by atoms with Gasteiger partial charge in [-0.2, -0.15) is 0 Å². The fourth-order valence-corrected chi connectivity index (χ4v) is 2.87. The molecule has 5 nitrogen and oxygen atoms in total. The lowest BCUT2D eigenvalue weighted by atomic mass is 10.0. The number of aromatic nitrogens is 2. The summed E-state index contributed by atoms with van der Waals surface area (Å²) in [6.45, 7) is 3.55. The first-order chi connectivity index (χ1) is 10.1. The van der Waals surface area contributed by atoms with E-state index >= 15 is 0 Å². The molecule has 5 heteroatoms. The summed E-state index contributed by atoms with van der Waals surface area (Å²) >= 11 is 0. The highest BCUT2D eigenvalue weighted by molar-refractivity contribution is 5.95. The molecular weight excluding hydrogens is 268 g/mol. The molecule has 0 saturated carbocycles. The van der Waals surface area contributed by atoms with Gasteiger partial charge in [0.15, 0.2) is 0 Å². The maximum Gasteiger partial charge on any atom is 0.336 e. The van der Waals surface area contributed by atoms with E-state index in [1.807, 2.05) is 16.8 Å². The summed E-state index contributed by atoms with van der Waals surface area (Å²) in [6.07, 6.45) is 5.64. The van der Waals surface area contributed by atoms with Crippen LogP contribution in [0.4, 0.5) is 0 Å². The van der Waals surface area contributed by atoms with Crippen molar-refractivity contribution in [2.45, 2.75) is 31.9 Å². The number of nitrogens with zero attached hydrogens (tertiary/aromatic N) is 2. The van der Waals surface area contributed by atoms with E-state index in [4.69, 9.17) is 4.74 Å². The third-order valence-corrected chi connectivity index (χ3v) is 3.92. The molecule has 0 radical (unpaired) electrons. The molecule has 0 spiro atoms. The van der Waals surface area contributed by atoms with Crippen LogP contribution in [-0.2, 0) is 11.3 Å². The van der Waals surface area contributed by atoms with E-state index in [2.05, 4.69) is 11.9 Å². The highest BCUT2D eigenvalue weighted by Gasteiger charge is 2.31. The number of rotatable bonds is 4. The molecule has 0 bridgehead atoms. The van der Waals surface area contributed by atoms with E-state index in [1.165, 1.54) is 0 Å². The fourth-order valence-electron chi connectivity index (χ4n) is 2.87. The Balaban J connectivity index is 1.98. The first-order valence-corrected chi connectivity index (χ1v) is 7.07. The molecule has 0 amide bonds. The van der Waals surface area contributed by atoms with Crippen LogP contribution in [0.3, 0.4) is 0 Å². The summed E-state index contributed by atoms with van der Waals surface area (Å²) in [7, 11) is 0. The smallest absolute Gasteiger partial charge is 0.336 e. The quantitative estimate of drug-likeness (QED) is 0.938. The van der Waals surface area contributed by atoms with E-state index in [0.717, 1.165) is 19.4 Å². The molecule has 1 aromatic carbocycles. The zero-order valence-electron chi connectivity index (χ0n) is 12.0. The van der Waals surface area contributed by atoms with Crippen LogP contribution in [-0.4, -0.2) is 32.8 Å². The van der Waals surface area contributed by atoms with Gasteiger partial charge in [0.05, 0.1) is 17.7 Å². The molecule has 1 fully saturated rings. The molecule has 3 rings (SSSR count). The molecule has 2 aromatic rings. The summed E-state index contributed by atoms with van der Waals surface area (Å²) in [6, 6.07) is 6.95. The number of carboxylic acid groups (broad SMARTS) is 1. The number of imidazole rings is 1. The molecule has 2 heterocycles. The van der Waals surface area contributed by atoms with Gasteiger partial charge in [-0.05, 0) is 25.8 Å². The fraction of sp³-hybridized carbons (Fsp3) is 0.375. The number of hydrogen-bond donors (Lipinski definition) is 1. The SMILES string of the molecule is CC1(Cn2ccnc2-c2ccccc2C(=O)O)CCCO1. The predicted octanol–water partition coefficient (Wildman–Crippen LogP) is 2.82. The van der Waals surface area contributed by atoms with Crippen LogP contribution in [0, 0.1) is 0 Å². The van der Waals surface area contributed by atoms with Gasteiger partial charge in [0.1, 0.15) is 5.82 Å². The van der Waals surface area contributed by atoms with Crippen molar-refractivity contribution in [2.75, 3.05) is 6.61 Å². The molecule has 1 atom stereocenters. The number of ether oxygens (including phenoxy) is 1. The standard InChI is InChI=1S/C16H18N2O3/c1-16(7-4-10-21-16)11-18-9-8-17-14(18)12-5-2-3-6-13(12)15(19)20/h2-3,5-6,8-9H,4,7,10-11H2,1H3,(H,19,20). The van der Waals surface area contributed by atoms with Gasteiger partial charge in [0, 0.05) is 24.6 Å². The zero-order chi connectivity index (χ0) is 14.9. The minimum absolute atomic E-state index is 0.201. The summed E-state index contributed by atoms with van der Waals surface area (Å²) in [5, 5.41) is 9.33. The molecule has 1 unspecified atom stereocenters. The summed E-state index contributed by atoms with van der Waals surface area (Å²) in [5.41, 5.74) is 0.701. The van der Waals surface area contributed by atoms with Gasteiger partial charge < -0.3 is 14.4 Å². The molecule has 110 valence electrons. The third-order valence-electron chi connectivity index (χ3n) is 3.92. The summed E-state index contributed by atoms with van der Waals surface area (Å²) < 4.78 is 7.80. The summed E-state index contributed by atoms with van der Waals surface area (Å²) in [4.78, 5) is 15.7. The van der Waals surface area contributed by atoms with Crippen molar-refractivity contribution in [2.24, 2.45) is 0 Å². The van der Waals surface area contributed by atoms with E-state index in [1.54, 1.807) is 24.4 Å². The van der Waals surface area contributed by atoms with Gasteiger partial charge in [0.2, 0.25) is 0 Å². The Kier molecular flexibility index (Phi) is 3.51. The van der Waals surface area contributed by atoms with Gasteiger partial charge in [-0.15, -0.1) is 0 Å². The maximum absolute atomic E-state index is 11.4.